The highest BCUT2D eigenvalue weighted by molar-refractivity contribution is 5.95. The highest BCUT2D eigenvalue weighted by Gasteiger charge is 2.34. The van der Waals surface area contributed by atoms with Crippen LogP contribution in [0.15, 0.2) is 65.5 Å². The maximum atomic E-state index is 13.0. The normalized spacial score (nSPS) is 13.3. The number of benzene rings is 1. The Balaban J connectivity index is 1.92. The number of furan rings is 1. The van der Waals surface area contributed by atoms with E-state index in [9.17, 15) is 14.9 Å². The van der Waals surface area contributed by atoms with Gasteiger partial charge in [-0.1, -0.05) is 25.1 Å². The van der Waals surface area contributed by atoms with E-state index in [0.717, 1.165) is 5.69 Å². The van der Waals surface area contributed by atoms with E-state index in [2.05, 4.69) is 4.98 Å². The molecule has 3 rings (SSSR count). The Morgan fingerprint density at radius 3 is 2.68 bits per heavy atom. The quantitative estimate of drug-likeness (QED) is 0.374. The molecule has 2 heterocycles. The second-order valence-corrected chi connectivity index (χ2v) is 5.75. The molecule has 7 nitrogen and oxygen atoms in total. The summed E-state index contributed by atoms with van der Waals surface area (Å²) in [6.07, 6.45) is 4.69. The highest BCUT2D eigenvalue weighted by atomic mass is 16.6. The monoisotopic (exact) mass is 339 g/mol. The Morgan fingerprint density at radius 2 is 2.04 bits per heavy atom. The summed E-state index contributed by atoms with van der Waals surface area (Å²) in [5, 5.41) is 11.0. The first kappa shape index (κ1) is 16.6. The third kappa shape index (κ3) is 3.50. The van der Waals surface area contributed by atoms with Crippen molar-refractivity contribution in [2.45, 2.75) is 12.8 Å². The number of imidazole rings is 1. The number of para-hydroxylation sites is 1. The summed E-state index contributed by atoms with van der Waals surface area (Å²) in [6, 6.07) is 12.7. The molecule has 2 aromatic heterocycles. The summed E-state index contributed by atoms with van der Waals surface area (Å²) in [4.78, 5) is 27.7. The van der Waals surface area contributed by atoms with Crippen molar-refractivity contribution in [3.63, 3.8) is 0 Å². The van der Waals surface area contributed by atoms with E-state index in [1.165, 1.54) is 6.26 Å². The molecule has 0 aliphatic carbocycles. The average Bonchev–Trinajstić information content (AvgIpc) is 3.30. The Kier molecular flexibility index (Phi) is 4.74. The maximum absolute atomic E-state index is 13.0. The fourth-order valence-electron chi connectivity index (χ4n) is 2.83. The van der Waals surface area contributed by atoms with Gasteiger partial charge in [0.25, 0.3) is 0 Å². The van der Waals surface area contributed by atoms with Gasteiger partial charge < -0.3 is 4.42 Å². The molecule has 0 saturated heterocycles. The predicted octanol–water partition coefficient (Wildman–Crippen LogP) is 3.34. The minimum absolute atomic E-state index is 0.249. The molecule has 0 radical (unpaired) electrons. The van der Waals surface area contributed by atoms with Crippen LogP contribution in [0, 0.1) is 16.0 Å². The van der Waals surface area contributed by atoms with E-state index in [1.54, 1.807) is 36.0 Å². The number of Topliss-reactive ketones (excluding diaryl/α,β-unsaturated/α-hetero) is 1. The lowest BCUT2D eigenvalue weighted by molar-refractivity contribution is -0.484. The van der Waals surface area contributed by atoms with Crippen LogP contribution in [0.3, 0.4) is 0 Å². The third-order valence-electron chi connectivity index (χ3n) is 4.17. The lowest BCUT2D eigenvalue weighted by atomic mass is 9.88. The minimum Gasteiger partial charge on any atom is -0.469 e. The third-order valence-corrected chi connectivity index (χ3v) is 4.17. The van der Waals surface area contributed by atoms with Crippen LogP contribution in [0.5, 0.6) is 0 Å². The van der Waals surface area contributed by atoms with Crippen LogP contribution in [-0.4, -0.2) is 26.8 Å². The van der Waals surface area contributed by atoms with Crippen molar-refractivity contribution in [3.8, 4) is 5.69 Å². The van der Waals surface area contributed by atoms with E-state index in [1.807, 2.05) is 30.3 Å². The fourth-order valence-corrected chi connectivity index (χ4v) is 2.83. The van der Waals surface area contributed by atoms with Crippen molar-refractivity contribution in [2.75, 3.05) is 6.54 Å². The standard InChI is InChI=1S/C18H17N3O4/c1-13(15(12-21(23)24)16-8-5-11-25-16)17(22)18-19-9-10-20(18)14-6-3-2-4-7-14/h2-11,13,15H,12H2,1H3/t13-,15+/m0/s1. The number of carbonyl (C=O) groups excluding carboxylic acids is 1. The molecular weight excluding hydrogens is 322 g/mol. The Bertz CT molecular complexity index is 856. The topological polar surface area (TPSA) is 91.2 Å². The average molecular weight is 339 g/mol. The van der Waals surface area contributed by atoms with Gasteiger partial charge in [0.05, 0.1) is 12.2 Å². The number of carbonyl (C=O) groups is 1. The van der Waals surface area contributed by atoms with Gasteiger partial charge in [-0.25, -0.2) is 4.98 Å². The van der Waals surface area contributed by atoms with Crippen molar-refractivity contribution >= 4 is 5.78 Å². The summed E-state index contributed by atoms with van der Waals surface area (Å²) in [5.74, 6) is -0.897. The van der Waals surface area contributed by atoms with Crippen LogP contribution in [0.4, 0.5) is 0 Å². The molecule has 128 valence electrons. The van der Waals surface area contributed by atoms with E-state index >= 15 is 0 Å². The summed E-state index contributed by atoms with van der Waals surface area (Å²) >= 11 is 0. The van der Waals surface area contributed by atoms with Crippen molar-refractivity contribution in [2.24, 2.45) is 5.92 Å². The van der Waals surface area contributed by atoms with Gasteiger partial charge in [-0.3, -0.25) is 19.5 Å². The van der Waals surface area contributed by atoms with Crippen LogP contribution in [0.25, 0.3) is 5.69 Å². The second-order valence-electron chi connectivity index (χ2n) is 5.75. The number of ketones is 1. The molecule has 3 aromatic rings. The first-order valence-electron chi connectivity index (χ1n) is 7.86. The maximum Gasteiger partial charge on any atom is 0.214 e. The van der Waals surface area contributed by atoms with Gasteiger partial charge in [0, 0.05) is 28.9 Å². The minimum atomic E-state index is -0.654. The fraction of sp³-hybridized carbons (Fsp3) is 0.222. The lowest BCUT2D eigenvalue weighted by Crippen LogP contribution is -2.27. The molecule has 25 heavy (non-hydrogen) atoms. The number of hydrogen-bond acceptors (Lipinski definition) is 5. The van der Waals surface area contributed by atoms with E-state index < -0.39 is 16.8 Å². The van der Waals surface area contributed by atoms with Crippen LogP contribution >= 0.6 is 0 Å². The van der Waals surface area contributed by atoms with Crippen molar-refractivity contribution in [1.29, 1.82) is 0 Å². The van der Waals surface area contributed by atoms with E-state index in [4.69, 9.17) is 4.42 Å². The van der Waals surface area contributed by atoms with Gasteiger partial charge in [-0.15, -0.1) is 0 Å². The Morgan fingerprint density at radius 1 is 1.28 bits per heavy atom. The molecule has 0 spiro atoms. The molecule has 0 saturated carbocycles. The Labute approximate surface area is 144 Å². The number of nitro groups is 1. The number of hydrogen-bond donors (Lipinski definition) is 0. The van der Waals surface area contributed by atoms with Gasteiger partial charge in [-0.2, -0.15) is 0 Å². The molecule has 0 aliphatic heterocycles. The zero-order chi connectivity index (χ0) is 17.8. The zero-order valence-electron chi connectivity index (χ0n) is 13.6. The highest BCUT2D eigenvalue weighted by Crippen LogP contribution is 2.28. The predicted molar refractivity (Wildman–Crippen MR) is 90.4 cm³/mol. The summed E-state index contributed by atoms with van der Waals surface area (Å²) in [6.45, 7) is 1.29. The van der Waals surface area contributed by atoms with Crippen LogP contribution in [0.2, 0.25) is 0 Å². The van der Waals surface area contributed by atoms with Gasteiger partial charge >= 0.3 is 0 Å². The molecule has 0 N–H and O–H groups in total. The largest absolute Gasteiger partial charge is 0.469 e. The molecule has 1 aromatic carbocycles. The van der Waals surface area contributed by atoms with Crippen LogP contribution in [-0.2, 0) is 0 Å². The molecule has 2 atom stereocenters. The number of rotatable bonds is 7. The van der Waals surface area contributed by atoms with Crippen LogP contribution in [0.1, 0.15) is 29.2 Å². The van der Waals surface area contributed by atoms with E-state index in [-0.39, 0.29) is 18.2 Å². The summed E-state index contributed by atoms with van der Waals surface area (Å²) < 4.78 is 7.00. The van der Waals surface area contributed by atoms with Crippen molar-refractivity contribution in [3.05, 3.63) is 82.8 Å². The smallest absolute Gasteiger partial charge is 0.214 e. The molecule has 0 unspecified atom stereocenters. The lowest BCUT2D eigenvalue weighted by Gasteiger charge is -2.18. The molecule has 0 aliphatic rings. The summed E-state index contributed by atoms with van der Waals surface area (Å²) in [5.41, 5.74) is 0.805. The SMILES string of the molecule is C[C@H](C(=O)c1nccn1-c1ccccc1)[C@@H](C[N+](=O)[O-])c1ccco1. The van der Waals surface area contributed by atoms with Crippen molar-refractivity contribution < 1.29 is 14.1 Å². The van der Waals surface area contributed by atoms with Gasteiger partial charge in [0.15, 0.2) is 5.82 Å². The number of nitrogens with zero attached hydrogens (tertiary/aromatic N) is 3. The van der Waals surface area contributed by atoms with Gasteiger partial charge in [0.2, 0.25) is 12.3 Å². The zero-order valence-corrected chi connectivity index (χ0v) is 13.6. The van der Waals surface area contributed by atoms with E-state index in [0.29, 0.717) is 5.76 Å². The molecule has 0 bridgehead atoms. The van der Waals surface area contributed by atoms with Gasteiger partial charge in [0.1, 0.15) is 5.76 Å². The number of aromatic nitrogens is 2. The van der Waals surface area contributed by atoms with Crippen molar-refractivity contribution in [1.82, 2.24) is 9.55 Å². The first-order valence-corrected chi connectivity index (χ1v) is 7.86. The molecular formula is C18H17N3O4. The molecule has 7 heteroatoms. The second kappa shape index (κ2) is 7.12. The Hall–Kier alpha value is -3.22. The molecule has 0 amide bonds. The van der Waals surface area contributed by atoms with Gasteiger partial charge in [-0.05, 0) is 24.3 Å². The first-order chi connectivity index (χ1) is 12.1. The van der Waals surface area contributed by atoms with Crippen LogP contribution < -0.4 is 0 Å². The molecule has 0 fully saturated rings. The summed E-state index contributed by atoms with van der Waals surface area (Å²) in [7, 11) is 0.